The van der Waals surface area contributed by atoms with Gasteiger partial charge >= 0.3 is 106 Å². The summed E-state index contributed by atoms with van der Waals surface area (Å²) >= 11 is -4.26. The van der Waals surface area contributed by atoms with Crippen molar-refractivity contribution in [1.29, 1.82) is 0 Å². The molecule has 0 amide bonds. The van der Waals surface area contributed by atoms with Crippen LogP contribution in [0, 0.1) is 5.92 Å². The Morgan fingerprint density at radius 2 is 1.74 bits per heavy atom. The number of aliphatic hydroxyl groups is 1. The van der Waals surface area contributed by atoms with Gasteiger partial charge in [-0.1, -0.05) is 0 Å². The smallest absolute Gasteiger partial charge is 0.147 e. The van der Waals surface area contributed by atoms with E-state index in [1.807, 2.05) is 6.92 Å². The van der Waals surface area contributed by atoms with Gasteiger partial charge in [-0.25, -0.2) is 0 Å². The summed E-state index contributed by atoms with van der Waals surface area (Å²) in [7, 11) is 1.50. The zero-order valence-electron chi connectivity index (χ0n) is 12.3. The Kier molecular flexibility index (Phi) is 8.24. The van der Waals surface area contributed by atoms with Crippen LogP contribution < -0.4 is 0 Å². The molecule has 3 nitrogen and oxygen atoms in total. The minimum Gasteiger partial charge on any atom is -0.147 e. The van der Waals surface area contributed by atoms with Crippen molar-refractivity contribution in [3.63, 3.8) is 0 Å². The van der Waals surface area contributed by atoms with Crippen LogP contribution >= 0.6 is 24.8 Å². The first-order valence-corrected chi connectivity index (χ1v) is 13.7. The fraction of sp³-hybridized carbons (Fsp3) is 0.667. The maximum Gasteiger partial charge on any atom is -0.147 e. The summed E-state index contributed by atoms with van der Waals surface area (Å²) in [5.41, 5.74) is 3.64. The molecule has 0 bridgehead atoms. The molecule has 1 unspecified atom stereocenters. The third kappa shape index (κ3) is 4.34. The van der Waals surface area contributed by atoms with E-state index in [0.29, 0.717) is 0 Å². The molecular formula is C12H25Cl2O3SiTi. The topological polar surface area (TPSA) is 46.5 Å². The minimum atomic E-state index is -4.26. The summed E-state index contributed by atoms with van der Waals surface area (Å²) in [5, 5.41) is 10.6. The number of hydrogen-bond acceptors (Lipinski definition) is 3. The number of aliphatic hydroxyl groups excluding tert-OH is 1. The van der Waals surface area contributed by atoms with E-state index in [-0.39, 0.29) is 43.9 Å². The van der Waals surface area contributed by atoms with E-state index < -0.39 is 14.4 Å². The molecular weight excluding hydrogens is 339 g/mol. The Morgan fingerprint density at radius 3 is 2.05 bits per heavy atom. The summed E-state index contributed by atoms with van der Waals surface area (Å²) in [5.74, 6) is 0.200. The van der Waals surface area contributed by atoms with E-state index in [1.54, 1.807) is 5.23 Å². The van der Waals surface area contributed by atoms with E-state index >= 15 is 0 Å². The molecule has 0 aromatic carbocycles. The molecule has 0 aliphatic heterocycles. The largest absolute Gasteiger partial charge is 0.147 e. The zero-order chi connectivity index (χ0) is 13.5. The van der Waals surface area contributed by atoms with Crippen LogP contribution in [0.2, 0.25) is 5.23 Å². The monoisotopic (exact) mass is 363 g/mol. The van der Waals surface area contributed by atoms with Crippen LogP contribution in [-0.2, 0) is 21.0 Å². The Hall–Kier alpha value is 0.711. The molecule has 0 saturated heterocycles. The van der Waals surface area contributed by atoms with Crippen LogP contribution in [-0.4, -0.2) is 26.0 Å². The maximum absolute atomic E-state index is 13.1. The molecule has 0 aromatic rings. The van der Waals surface area contributed by atoms with Crippen molar-refractivity contribution in [2.45, 2.75) is 32.9 Å². The summed E-state index contributed by atoms with van der Waals surface area (Å²) < 4.78 is 19.7. The zero-order valence-corrected chi connectivity index (χ0v) is 16.9. The van der Waals surface area contributed by atoms with Crippen LogP contribution in [0.1, 0.15) is 27.7 Å². The van der Waals surface area contributed by atoms with Crippen LogP contribution in [0.25, 0.3) is 0 Å². The van der Waals surface area contributed by atoms with Gasteiger partial charge in [-0.3, -0.25) is 0 Å². The van der Waals surface area contributed by atoms with Gasteiger partial charge in [-0.15, -0.1) is 24.8 Å². The normalized spacial score (nSPS) is 20.3. The number of allylic oxidation sites excluding steroid dienone is 4. The average molecular weight is 364 g/mol. The van der Waals surface area contributed by atoms with Crippen LogP contribution in [0.3, 0.4) is 0 Å². The average Bonchev–Trinajstić information content (AvgIpc) is 2.40. The van der Waals surface area contributed by atoms with E-state index in [4.69, 9.17) is 8.42 Å². The van der Waals surface area contributed by atoms with Crippen molar-refractivity contribution in [2.24, 2.45) is 5.92 Å². The molecule has 0 radical (unpaired) electrons. The quantitative estimate of drug-likeness (QED) is 0.781. The first-order chi connectivity index (χ1) is 7.60. The molecule has 1 aliphatic rings. The Balaban J connectivity index is 0. The van der Waals surface area contributed by atoms with Crippen molar-refractivity contribution < 1.29 is 26.1 Å². The van der Waals surface area contributed by atoms with Gasteiger partial charge in [0, 0.05) is 0 Å². The predicted molar refractivity (Wildman–Crippen MR) is 82.9 cm³/mol. The second-order valence-corrected chi connectivity index (χ2v) is 19.0. The molecule has 1 aliphatic carbocycles. The van der Waals surface area contributed by atoms with Crippen LogP contribution in [0.5, 0.6) is 0 Å². The molecule has 0 heterocycles. The predicted octanol–water partition coefficient (Wildman–Crippen LogP) is 2.65. The van der Waals surface area contributed by atoms with Gasteiger partial charge in [0.15, 0.2) is 0 Å². The van der Waals surface area contributed by atoms with Gasteiger partial charge in [0.25, 0.3) is 0 Å². The standard InChI is InChI=1S/C9H13.C2H5O2.CH3.2ClH.O.H2Si.Ti/c1-6-5-7(2)9(4)8(6)3;3-1-2-4;;;;;;/h6H,1-4H3;3H,1-2H2;1H3;2*1H;;1H2;/q;-1;;;;;;+1. The SMILES string of the molecule is CC1=C(C)C(C)[C]([Ti]([CH3])(=[O])(=[SiH2])[O]CCO)=C1C.Cl.Cl. The molecule has 7 heteroatoms. The van der Waals surface area contributed by atoms with Crippen molar-refractivity contribution in [3.05, 3.63) is 20.6 Å². The number of hydrogen-bond donors (Lipinski definition) is 1. The number of halogens is 2. The van der Waals surface area contributed by atoms with E-state index in [1.165, 1.54) is 18.8 Å². The second-order valence-electron chi connectivity index (χ2n) is 5.41. The van der Waals surface area contributed by atoms with Gasteiger partial charge in [0.05, 0.1) is 0 Å². The second kappa shape index (κ2) is 7.12. The summed E-state index contributed by atoms with van der Waals surface area (Å²) in [6.07, 6.45) is 0. The van der Waals surface area contributed by atoms with Gasteiger partial charge in [0.2, 0.25) is 0 Å². The molecule has 1 atom stereocenters. The van der Waals surface area contributed by atoms with Crippen molar-refractivity contribution in [1.82, 2.24) is 0 Å². The third-order valence-corrected chi connectivity index (χ3v) is 11.2. The Labute approximate surface area is 131 Å². The fourth-order valence-electron chi connectivity index (χ4n) is 2.77. The summed E-state index contributed by atoms with van der Waals surface area (Å²) in [6, 6.07) is 0. The minimum absolute atomic E-state index is 0. The third-order valence-electron chi connectivity index (χ3n) is 3.89. The van der Waals surface area contributed by atoms with E-state index in [0.717, 1.165) is 9.45 Å². The first-order valence-electron chi connectivity index (χ1n) is 6.02. The van der Waals surface area contributed by atoms with Gasteiger partial charge < -0.3 is 0 Å². The van der Waals surface area contributed by atoms with Gasteiger partial charge in [-0.2, -0.15) is 0 Å². The van der Waals surface area contributed by atoms with Crippen molar-refractivity contribution in [2.75, 3.05) is 13.2 Å². The number of rotatable bonds is 4. The van der Waals surface area contributed by atoms with Crippen molar-refractivity contribution >= 4 is 32.4 Å². The molecule has 0 saturated carbocycles. The first kappa shape index (κ1) is 22.0. The Bertz CT molecular complexity index is 531. The molecule has 1 rings (SSSR count). The summed E-state index contributed by atoms with van der Waals surface area (Å²) in [6.45, 7) is 8.35. The maximum atomic E-state index is 13.1. The van der Waals surface area contributed by atoms with E-state index in [2.05, 4.69) is 20.8 Å². The van der Waals surface area contributed by atoms with Crippen LogP contribution in [0.15, 0.2) is 20.6 Å². The van der Waals surface area contributed by atoms with Gasteiger partial charge in [-0.05, 0) is 0 Å². The fourth-order valence-corrected chi connectivity index (χ4v) is 10.8. The van der Waals surface area contributed by atoms with Gasteiger partial charge in [0.1, 0.15) is 0 Å². The molecule has 0 spiro atoms. The molecule has 0 aromatic heterocycles. The summed E-state index contributed by atoms with van der Waals surface area (Å²) in [4.78, 5) is 0. The molecule has 1 N–H and O–H groups in total. The molecule has 19 heavy (non-hydrogen) atoms. The van der Waals surface area contributed by atoms with E-state index in [9.17, 15) is 3.32 Å². The van der Waals surface area contributed by atoms with Crippen LogP contribution in [0.4, 0.5) is 0 Å². The van der Waals surface area contributed by atoms with Crippen molar-refractivity contribution in [3.8, 4) is 0 Å². The Morgan fingerprint density at radius 1 is 1.26 bits per heavy atom. The molecule has 0 fully saturated rings. The molecule has 113 valence electrons.